The molecule has 0 saturated heterocycles. The van der Waals surface area contributed by atoms with Crippen LogP contribution in [0.3, 0.4) is 0 Å². The van der Waals surface area contributed by atoms with E-state index in [-0.39, 0.29) is 29.6 Å². The topological polar surface area (TPSA) is 0 Å². The molecule has 0 heterocycles. The van der Waals surface area contributed by atoms with Gasteiger partial charge in [-0.05, 0) is 6.42 Å². The molecule has 28 valence electrons. The van der Waals surface area contributed by atoms with E-state index in [0.717, 1.165) is 6.42 Å². The van der Waals surface area contributed by atoms with Gasteiger partial charge in [0.25, 0.3) is 0 Å². The molecular formula is C5H7Na. The summed E-state index contributed by atoms with van der Waals surface area (Å²) in [5, 5.41) is 0. The van der Waals surface area contributed by atoms with Crippen molar-refractivity contribution in [3.8, 4) is 0 Å². The predicted molar refractivity (Wildman–Crippen MR) is 30.0 cm³/mol. The summed E-state index contributed by atoms with van der Waals surface area (Å²) in [7, 11) is 0. The molecule has 0 fully saturated rings. The first-order valence-electron chi connectivity index (χ1n) is 1.82. The van der Waals surface area contributed by atoms with Crippen LogP contribution in [0, 0.1) is 0 Å². The first kappa shape index (κ1) is 6.48. The van der Waals surface area contributed by atoms with Crippen molar-refractivity contribution in [1.29, 1.82) is 0 Å². The molecule has 1 aliphatic carbocycles. The molecule has 0 aromatic carbocycles. The molecule has 0 nitrogen and oxygen atoms in total. The summed E-state index contributed by atoms with van der Waals surface area (Å²) in [5.41, 5.74) is 0. The Morgan fingerprint density at radius 1 is 1.00 bits per heavy atom. The molecule has 1 heteroatoms. The number of hydrogen-bond donors (Lipinski definition) is 0. The molecule has 0 aliphatic heterocycles. The van der Waals surface area contributed by atoms with Crippen molar-refractivity contribution >= 4 is 29.6 Å². The Kier molecular flexibility index (Phi) is 3.96. The van der Waals surface area contributed by atoms with E-state index in [2.05, 4.69) is 24.3 Å². The third kappa shape index (κ3) is 1.81. The maximum atomic E-state index is 2.12. The van der Waals surface area contributed by atoms with Crippen LogP contribution in [0.25, 0.3) is 0 Å². The molecule has 0 saturated carbocycles. The van der Waals surface area contributed by atoms with Crippen molar-refractivity contribution in [3.63, 3.8) is 0 Å². The molecule has 0 spiro atoms. The Balaban J connectivity index is 0.000000250. The molecular weight excluding hydrogens is 83.0 g/mol. The summed E-state index contributed by atoms with van der Waals surface area (Å²) in [6, 6.07) is 0. The molecule has 0 unspecified atom stereocenters. The molecule has 0 bridgehead atoms. The van der Waals surface area contributed by atoms with Crippen LogP contribution in [0.4, 0.5) is 0 Å². The van der Waals surface area contributed by atoms with E-state index in [1.807, 2.05) is 0 Å². The molecule has 0 aromatic rings. The van der Waals surface area contributed by atoms with Gasteiger partial charge in [-0.25, -0.2) is 0 Å². The van der Waals surface area contributed by atoms with Gasteiger partial charge in [-0.15, -0.1) is 0 Å². The van der Waals surface area contributed by atoms with Gasteiger partial charge >= 0.3 is 29.6 Å². The standard InChI is InChI=1S/C5H6.Na.H/c1-2-4-5-3-1;;/h1-4H,5H2;;. The van der Waals surface area contributed by atoms with Crippen molar-refractivity contribution in [2.24, 2.45) is 0 Å². The van der Waals surface area contributed by atoms with E-state index in [1.165, 1.54) is 0 Å². The van der Waals surface area contributed by atoms with Crippen LogP contribution in [-0.4, -0.2) is 29.6 Å². The molecule has 1 aliphatic rings. The summed E-state index contributed by atoms with van der Waals surface area (Å²) >= 11 is 0. The molecule has 0 atom stereocenters. The Hall–Kier alpha value is 0.480. The fourth-order valence-electron chi connectivity index (χ4n) is 0.393. The minimum absolute atomic E-state index is 0. The van der Waals surface area contributed by atoms with Crippen molar-refractivity contribution < 1.29 is 0 Å². The van der Waals surface area contributed by atoms with Gasteiger partial charge in [-0.3, -0.25) is 0 Å². The fourth-order valence-corrected chi connectivity index (χ4v) is 0.393. The van der Waals surface area contributed by atoms with Crippen LogP contribution in [0.15, 0.2) is 24.3 Å². The zero-order valence-electron chi connectivity index (χ0n) is 3.02. The van der Waals surface area contributed by atoms with Gasteiger partial charge in [0.05, 0.1) is 0 Å². The Bertz CT molecular complexity index is 62.0. The second-order valence-electron chi connectivity index (χ2n) is 1.09. The first-order chi connectivity index (χ1) is 2.50. The van der Waals surface area contributed by atoms with Gasteiger partial charge < -0.3 is 0 Å². The van der Waals surface area contributed by atoms with Gasteiger partial charge in [-0.2, -0.15) is 0 Å². The van der Waals surface area contributed by atoms with E-state index in [0.29, 0.717) is 0 Å². The first-order valence-corrected chi connectivity index (χ1v) is 1.82. The zero-order valence-corrected chi connectivity index (χ0v) is 3.02. The van der Waals surface area contributed by atoms with Crippen molar-refractivity contribution in [1.82, 2.24) is 0 Å². The summed E-state index contributed by atoms with van der Waals surface area (Å²) in [5.74, 6) is 0. The third-order valence-electron chi connectivity index (χ3n) is 0.655. The average Bonchev–Trinajstić information content (AvgIpc) is 1.76. The maximum absolute atomic E-state index is 2.12. The van der Waals surface area contributed by atoms with E-state index >= 15 is 0 Å². The Morgan fingerprint density at radius 2 is 1.50 bits per heavy atom. The molecule has 1 rings (SSSR count). The summed E-state index contributed by atoms with van der Waals surface area (Å²) in [6.45, 7) is 0. The predicted octanol–water partition coefficient (Wildman–Crippen LogP) is 0.854. The number of hydrogen-bond acceptors (Lipinski definition) is 0. The van der Waals surface area contributed by atoms with Crippen molar-refractivity contribution in [2.45, 2.75) is 6.42 Å². The summed E-state index contributed by atoms with van der Waals surface area (Å²) in [4.78, 5) is 0. The van der Waals surface area contributed by atoms with Crippen LogP contribution in [0.1, 0.15) is 6.42 Å². The van der Waals surface area contributed by atoms with Crippen LogP contribution >= 0.6 is 0 Å². The van der Waals surface area contributed by atoms with Gasteiger partial charge in [-0.1, -0.05) is 24.3 Å². The van der Waals surface area contributed by atoms with Gasteiger partial charge in [0.15, 0.2) is 0 Å². The second kappa shape index (κ2) is 3.66. The van der Waals surface area contributed by atoms with Gasteiger partial charge in [0.1, 0.15) is 0 Å². The van der Waals surface area contributed by atoms with Crippen molar-refractivity contribution in [2.75, 3.05) is 0 Å². The minimum atomic E-state index is 0. The van der Waals surface area contributed by atoms with Crippen LogP contribution in [-0.2, 0) is 0 Å². The summed E-state index contributed by atoms with van der Waals surface area (Å²) in [6.07, 6.45) is 9.50. The number of allylic oxidation sites excluding steroid dienone is 4. The van der Waals surface area contributed by atoms with Gasteiger partial charge in [0.2, 0.25) is 0 Å². The molecule has 0 amide bonds. The van der Waals surface area contributed by atoms with E-state index < -0.39 is 0 Å². The molecule has 0 radical (unpaired) electrons. The van der Waals surface area contributed by atoms with Crippen LogP contribution in [0.2, 0.25) is 0 Å². The molecule has 0 N–H and O–H groups in total. The third-order valence-corrected chi connectivity index (χ3v) is 0.655. The quantitative estimate of drug-likeness (QED) is 0.387. The van der Waals surface area contributed by atoms with Crippen LogP contribution in [0.5, 0.6) is 0 Å². The molecule has 0 aromatic heterocycles. The summed E-state index contributed by atoms with van der Waals surface area (Å²) < 4.78 is 0. The Labute approximate surface area is 60.2 Å². The van der Waals surface area contributed by atoms with Gasteiger partial charge in [0, 0.05) is 0 Å². The normalized spacial score (nSPS) is 14.7. The van der Waals surface area contributed by atoms with Crippen molar-refractivity contribution in [3.05, 3.63) is 24.3 Å². The Morgan fingerprint density at radius 3 is 1.67 bits per heavy atom. The fraction of sp³-hybridized carbons (Fsp3) is 0.200. The number of rotatable bonds is 0. The molecule has 6 heavy (non-hydrogen) atoms. The van der Waals surface area contributed by atoms with E-state index in [4.69, 9.17) is 0 Å². The average molecular weight is 90.1 g/mol. The second-order valence-corrected chi connectivity index (χ2v) is 1.09. The van der Waals surface area contributed by atoms with E-state index in [9.17, 15) is 0 Å². The zero-order chi connectivity index (χ0) is 3.54. The van der Waals surface area contributed by atoms with E-state index in [1.54, 1.807) is 0 Å². The van der Waals surface area contributed by atoms with Crippen LogP contribution < -0.4 is 0 Å². The monoisotopic (exact) mass is 90.0 g/mol. The SMILES string of the molecule is C1=CCC=C1.[NaH].